The molecule has 6 heteroatoms. The number of hydrogen-bond acceptors (Lipinski definition) is 4. The number of halogens is 1. The smallest absolute Gasteiger partial charge is 0.399 e. The van der Waals surface area contributed by atoms with Gasteiger partial charge in [0.05, 0.1) is 17.3 Å². The fraction of sp³-hybridized carbons (Fsp3) is 0.571. The summed E-state index contributed by atoms with van der Waals surface area (Å²) in [5.74, 6) is 0. The highest BCUT2D eigenvalue weighted by Gasteiger charge is 2.52. The maximum atomic E-state index is 8.75. The highest BCUT2D eigenvalue weighted by atomic mass is 35.5. The third kappa shape index (κ3) is 2.83. The van der Waals surface area contributed by atoms with Gasteiger partial charge in [-0.1, -0.05) is 11.6 Å². The van der Waals surface area contributed by atoms with Crippen LogP contribution in [0.5, 0.6) is 0 Å². The third-order valence-corrected chi connectivity index (χ3v) is 4.21. The molecule has 1 aliphatic heterocycles. The molecule has 0 saturated carbocycles. The SMILES string of the molecule is CC1(C)OB(c2cc(Cl)ncc2CCC#N)OC1(C)C. The van der Waals surface area contributed by atoms with Crippen LogP contribution in [0.15, 0.2) is 12.3 Å². The van der Waals surface area contributed by atoms with Crippen LogP contribution in [0.1, 0.15) is 39.7 Å². The van der Waals surface area contributed by atoms with Gasteiger partial charge in [-0.3, -0.25) is 0 Å². The fourth-order valence-electron chi connectivity index (χ4n) is 2.06. The molecule has 1 aromatic heterocycles. The van der Waals surface area contributed by atoms with Crippen LogP contribution in [0.2, 0.25) is 5.15 Å². The summed E-state index contributed by atoms with van der Waals surface area (Å²) >= 11 is 5.98. The number of nitriles is 1. The zero-order valence-corrected chi connectivity index (χ0v) is 13.0. The Balaban J connectivity index is 2.34. The molecule has 0 aliphatic carbocycles. The molecule has 0 spiro atoms. The maximum Gasteiger partial charge on any atom is 0.495 e. The summed E-state index contributed by atoms with van der Waals surface area (Å²) in [6, 6.07) is 3.90. The van der Waals surface area contributed by atoms with E-state index in [1.807, 2.05) is 27.7 Å². The van der Waals surface area contributed by atoms with Gasteiger partial charge in [0.25, 0.3) is 0 Å². The minimum atomic E-state index is -0.478. The third-order valence-electron chi connectivity index (χ3n) is 4.00. The average Bonchev–Trinajstić information content (AvgIpc) is 2.57. The van der Waals surface area contributed by atoms with E-state index in [1.54, 1.807) is 12.3 Å². The van der Waals surface area contributed by atoms with E-state index in [2.05, 4.69) is 11.1 Å². The number of rotatable bonds is 3. The normalized spacial score (nSPS) is 19.9. The van der Waals surface area contributed by atoms with Crippen molar-refractivity contribution in [1.82, 2.24) is 4.98 Å². The molecule has 1 aliphatic rings. The lowest BCUT2D eigenvalue weighted by atomic mass is 9.76. The van der Waals surface area contributed by atoms with Gasteiger partial charge in [-0.2, -0.15) is 5.26 Å². The number of nitrogens with zero attached hydrogens (tertiary/aromatic N) is 2. The molecule has 0 unspecified atom stereocenters. The standard InChI is InChI=1S/C14H18BClN2O2/c1-13(2)14(3,4)20-15(19-13)11-8-12(16)18-9-10(11)6-5-7-17/h8-9H,5-6H2,1-4H3. The van der Waals surface area contributed by atoms with Crippen molar-refractivity contribution < 1.29 is 9.31 Å². The Kier molecular flexibility index (Phi) is 4.10. The zero-order chi connectivity index (χ0) is 15.0. The molecule has 1 aromatic rings. The molecule has 20 heavy (non-hydrogen) atoms. The van der Waals surface area contributed by atoms with Crippen molar-refractivity contribution in [1.29, 1.82) is 5.26 Å². The lowest BCUT2D eigenvalue weighted by molar-refractivity contribution is 0.00578. The zero-order valence-electron chi connectivity index (χ0n) is 12.2. The van der Waals surface area contributed by atoms with Crippen molar-refractivity contribution >= 4 is 24.2 Å². The van der Waals surface area contributed by atoms with E-state index < -0.39 is 18.3 Å². The van der Waals surface area contributed by atoms with E-state index in [-0.39, 0.29) is 0 Å². The first-order valence-corrected chi connectivity index (χ1v) is 7.01. The second-order valence-electron chi connectivity index (χ2n) is 5.95. The first kappa shape index (κ1) is 15.3. The highest BCUT2D eigenvalue weighted by Crippen LogP contribution is 2.36. The molecule has 0 atom stereocenters. The van der Waals surface area contributed by atoms with E-state index in [9.17, 15) is 0 Å². The van der Waals surface area contributed by atoms with Crippen LogP contribution in [-0.4, -0.2) is 23.3 Å². The van der Waals surface area contributed by atoms with Crippen molar-refractivity contribution in [3.05, 3.63) is 23.0 Å². The summed E-state index contributed by atoms with van der Waals surface area (Å²) in [5.41, 5.74) is 0.994. The fourth-order valence-corrected chi connectivity index (χ4v) is 2.23. The predicted molar refractivity (Wildman–Crippen MR) is 78.9 cm³/mol. The molecule has 0 bridgehead atoms. The van der Waals surface area contributed by atoms with Crippen molar-refractivity contribution in [3.63, 3.8) is 0 Å². The Bertz CT molecular complexity index is 539. The van der Waals surface area contributed by atoms with Gasteiger partial charge in [0.1, 0.15) is 5.15 Å². The van der Waals surface area contributed by atoms with Gasteiger partial charge in [-0.15, -0.1) is 0 Å². The van der Waals surface area contributed by atoms with Gasteiger partial charge in [0.2, 0.25) is 0 Å². The second-order valence-corrected chi connectivity index (χ2v) is 6.34. The number of aromatic nitrogens is 1. The van der Waals surface area contributed by atoms with E-state index in [1.165, 1.54) is 0 Å². The quantitative estimate of drug-likeness (QED) is 0.634. The highest BCUT2D eigenvalue weighted by molar-refractivity contribution is 6.63. The van der Waals surface area contributed by atoms with Crippen LogP contribution in [0.3, 0.4) is 0 Å². The first-order valence-electron chi connectivity index (χ1n) is 6.64. The van der Waals surface area contributed by atoms with E-state index in [4.69, 9.17) is 26.2 Å². The average molecular weight is 293 g/mol. The molecule has 1 fully saturated rings. The Labute approximate surface area is 125 Å². The molecular weight excluding hydrogens is 274 g/mol. The molecule has 0 amide bonds. The lowest BCUT2D eigenvalue weighted by Crippen LogP contribution is -2.41. The summed E-state index contributed by atoms with van der Waals surface area (Å²) in [7, 11) is -0.478. The van der Waals surface area contributed by atoms with Crippen LogP contribution in [0, 0.1) is 11.3 Å². The van der Waals surface area contributed by atoms with E-state index in [0.717, 1.165) is 11.0 Å². The molecule has 0 radical (unpaired) electrons. The molecule has 0 N–H and O–H groups in total. The minimum absolute atomic E-state index is 0.399. The van der Waals surface area contributed by atoms with Crippen LogP contribution in [-0.2, 0) is 15.7 Å². The molecule has 0 aromatic carbocycles. The summed E-state index contributed by atoms with van der Waals surface area (Å²) in [6.07, 6.45) is 2.73. The summed E-state index contributed by atoms with van der Waals surface area (Å²) in [6.45, 7) is 8.02. The van der Waals surface area contributed by atoms with Crippen molar-refractivity contribution in [2.24, 2.45) is 0 Å². The summed E-state index contributed by atoms with van der Waals surface area (Å²) < 4.78 is 12.1. The summed E-state index contributed by atoms with van der Waals surface area (Å²) in [4.78, 5) is 4.08. The van der Waals surface area contributed by atoms with Gasteiger partial charge in [-0.05, 0) is 51.2 Å². The van der Waals surface area contributed by atoms with E-state index in [0.29, 0.717) is 18.0 Å². The Morgan fingerprint density at radius 1 is 1.30 bits per heavy atom. The maximum absolute atomic E-state index is 8.75. The van der Waals surface area contributed by atoms with Gasteiger partial charge in [-0.25, -0.2) is 4.98 Å². The summed E-state index contributed by atoms with van der Waals surface area (Å²) in [5, 5.41) is 9.14. The van der Waals surface area contributed by atoms with Crippen molar-refractivity contribution in [2.45, 2.75) is 51.7 Å². The molecule has 1 saturated heterocycles. The largest absolute Gasteiger partial charge is 0.495 e. The first-order chi connectivity index (χ1) is 9.27. The predicted octanol–water partition coefficient (Wildman–Crippen LogP) is 2.49. The Morgan fingerprint density at radius 2 is 1.90 bits per heavy atom. The van der Waals surface area contributed by atoms with Crippen molar-refractivity contribution in [2.75, 3.05) is 0 Å². The second kappa shape index (κ2) is 5.36. The molecule has 2 heterocycles. The Hall–Kier alpha value is -1.09. The van der Waals surface area contributed by atoms with Crippen LogP contribution < -0.4 is 5.46 Å². The molecule has 4 nitrogen and oxygen atoms in total. The van der Waals surface area contributed by atoms with Gasteiger partial charge < -0.3 is 9.31 Å². The van der Waals surface area contributed by atoms with Crippen LogP contribution in [0.4, 0.5) is 0 Å². The number of aryl methyl sites for hydroxylation is 1. The number of pyridine rings is 1. The topological polar surface area (TPSA) is 55.1 Å². The van der Waals surface area contributed by atoms with Gasteiger partial charge >= 0.3 is 7.12 Å². The minimum Gasteiger partial charge on any atom is -0.399 e. The van der Waals surface area contributed by atoms with E-state index >= 15 is 0 Å². The Morgan fingerprint density at radius 3 is 2.45 bits per heavy atom. The van der Waals surface area contributed by atoms with Crippen LogP contribution in [0.25, 0.3) is 0 Å². The van der Waals surface area contributed by atoms with Gasteiger partial charge in [0.15, 0.2) is 0 Å². The molecule has 2 rings (SSSR count). The van der Waals surface area contributed by atoms with Gasteiger partial charge in [0, 0.05) is 12.6 Å². The number of hydrogen-bond donors (Lipinski definition) is 0. The molecule has 106 valence electrons. The lowest BCUT2D eigenvalue weighted by Gasteiger charge is -2.32. The monoisotopic (exact) mass is 292 g/mol. The van der Waals surface area contributed by atoms with Crippen molar-refractivity contribution in [3.8, 4) is 6.07 Å². The van der Waals surface area contributed by atoms with Crippen LogP contribution >= 0.6 is 11.6 Å². The molecular formula is C14H18BClN2O2.